The van der Waals surface area contributed by atoms with Gasteiger partial charge in [-0.2, -0.15) is 0 Å². The minimum Gasteiger partial charge on any atom is -0.367 e. The number of carbonyl (C=O) groups excluding carboxylic acids is 1. The lowest BCUT2D eigenvalue weighted by molar-refractivity contribution is -0.132. The Labute approximate surface area is 147 Å². The Morgan fingerprint density at radius 2 is 1.76 bits per heavy atom. The van der Waals surface area contributed by atoms with Crippen LogP contribution < -0.4 is 5.32 Å². The number of sulfone groups is 1. The van der Waals surface area contributed by atoms with Crippen molar-refractivity contribution in [1.29, 1.82) is 0 Å². The molecule has 0 heterocycles. The summed E-state index contributed by atoms with van der Waals surface area (Å²) in [6, 6.07) is 16.1. The molecular formula is C19H21NO4S. The van der Waals surface area contributed by atoms with Gasteiger partial charge in [-0.15, -0.1) is 0 Å². The molecule has 5 nitrogen and oxygen atoms in total. The lowest BCUT2D eigenvalue weighted by atomic mass is 10.1. The molecule has 3 atom stereocenters. The van der Waals surface area contributed by atoms with E-state index in [1.807, 2.05) is 54.6 Å². The molecule has 0 fully saturated rings. The van der Waals surface area contributed by atoms with Crippen LogP contribution in [-0.4, -0.2) is 33.7 Å². The molecule has 0 unspecified atom stereocenters. The largest absolute Gasteiger partial charge is 0.367 e. The Morgan fingerprint density at radius 3 is 2.40 bits per heavy atom. The number of nitrogens with one attached hydrogen (secondary N) is 1. The second-order valence-electron chi connectivity index (χ2n) is 6.29. The molecule has 2 aromatic rings. The van der Waals surface area contributed by atoms with E-state index in [1.54, 1.807) is 0 Å². The summed E-state index contributed by atoms with van der Waals surface area (Å²) in [5.74, 6) is -0.333. The van der Waals surface area contributed by atoms with Gasteiger partial charge in [0, 0.05) is 13.4 Å². The van der Waals surface area contributed by atoms with Crippen LogP contribution in [0.5, 0.6) is 0 Å². The summed E-state index contributed by atoms with van der Waals surface area (Å²) in [6.45, 7) is 0. The van der Waals surface area contributed by atoms with Gasteiger partial charge in [0.25, 0.3) is 5.91 Å². The number of hydrogen-bond donors (Lipinski definition) is 1. The Hall–Kier alpha value is -2.18. The Morgan fingerprint density at radius 1 is 1.12 bits per heavy atom. The van der Waals surface area contributed by atoms with Crippen LogP contribution in [0.25, 0.3) is 0 Å². The van der Waals surface area contributed by atoms with Crippen molar-refractivity contribution in [3.05, 3.63) is 71.3 Å². The fourth-order valence-electron chi connectivity index (χ4n) is 3.49. The van der Waals surface area contributed by atoms with Crippen LogP contribution in [0.4, 0.5) is 0 Å². The van der Waals surface area contributed by atoms with Crippen LogP contribution in [-0.2, 0) is 25.8 Å². The minimum absolute atomic E-state index is 0.333. The molecule has 3 rings (SSSR count). The van der Waals surface area contributed by atoms with Gasteiger partial charge >= 0.3 is 0 Å². The summed E-state index contributed by atoms with van der Waals surface area (Å²) in [5.41, 5.74) is 2.45. The summed E-state index contributed by atoms with van der Waals surface area (Å²) < 4.78 is 30.0. The van der Waals surface area contributed by atoms with Crippen molar-refractivity contribution >= 4 is 15.7 Å². The molecular weight excluding hydrogens is 338 g/mol. The number of ether oxygens (including phenoxy) is 1. The topological polar surface area (TPSA) is 72.5 Å². The fraction of sp³-hybridized carbons (Fsp3) is 0.316. The molecule has 0 bridgehead atoms. The van der Waals surface area contributed by atoms with Crippen LogP contribution in [0.15, 0.2) is 54.6 Å². The van der Waals surface area contributed by atoms with Gasteiger partial charge in [0.05, 0.1) is 6.04 Å². The van der Waals surface area contributed by atoms with Crippen molar-refractivity contribution in [1.82, 2.24) is 5.32 Å². The zero-order valence-corrected chi connectivity index (χ0v) is 15.0. The molecule has 0 aromatic heterocycles. The van der Waals surface area contributed by atoms with E-state index in [0.717, 1.165) is 16.7 Å². The third kappa shape index (κ3) is 3.60. The van der Waals surface area contributed by atoms with Gasteiger partial charge in [-0.05, 0) is 23.1 Å². The highest BCUT2D eigenvalue weighted by Gasteiger charge is 2.40. The lowest BCUT2D eigenvalue weighted by Gasteiger charge is -2.23. The SMILES string of the molecule is CO[C@H](C(=O)N[C@@H]1Cc2ccccc2[C@H]1S(C)(=O)=O)c1ccccc1. The Bertz CT molecular complexity index is 864. The van der Waals surface area contributed by atoms with Crippen molar-refractivity contribution in [3.8, 4) is 0 Å². The summed E-state index contributed by atoms with van der Waals surface area (Å²) >= 11 is 0. The van der Waals surface area contributed by atoms with Crippen molar-refractivity contribution in [3.63, 3.8) is 0 Å². The zero-order chi connectivity index (χ0) is 18.0. The summed E-state index contributed by atoms with van der Waals surface area (Å²) in [6.07, 6.45) is 0.930. The van der Waals surface area contributed by atoms with Crippen molar-refractivity contribution < 1.29 is 17.9 Å². The molecule has 0 saturated carbocycles. The van der Waals surface area contributed by atoms with Gasteiger partial charge < -0.3 is 10.1 Å². The van der Waals surface area contributed by atoms with E-state index in [-0.39, 0.29) is 5.91 Å². The van der Waals surface area contributed by atoms with Gasteiger partial charge in [-0.3, -0.25) is 4.79 Å². The highest BCUT2D eigenvalue weighted by atomic mass is 32.2. The number of carbonyl (C=O) groups is 1. The highest BCUT2D eigenvalue weighted by Crippen LogP contribution is 2.37. The van der Waals surface area contributed by atoms with Gasteiger partial charge in [0.2, 0.25) is 0 Å². The van der Waals surface area contributed by atoms with Crippen LogP contribution in [0.3, 0.4) is 0 Å². The summed E-state index contributed by atoms with van der Waals surface area (Å²) in [5, 5.41) is 2.15. The predicted molar refractivity (Wildman–Crippen MR) is 95.9 cm³/mol. The summed E-state index contributed by atoms with van der Waals surface area (Å²) in [7, 11) is -1.90. The third-order valence-electron chi connectivity index (χ3n) is 4.53. The molecule has 25 heavy (non-hydrogen) atoms. The smallest absolute Gasteiger partial charge is 0.254 e. The normalized spacial score (nSPS) is 20.7. The molecule has 0 aliphatic heterocycles. The monoisotopic (exact) mass is 359 g/mol. The number of methoxy groups -OCH3 is 1. The second-order valence-corrected chi connectivity index (χ2v) is 8.46. The van der Waals surface area contributed by atoms with E-state index in [0.29, 0.717) is 6.42 Å². The first kappa shape index (κ1) is 17.6. The number of fused-ring (bicyclic) bond motifs is 1. The minimum atomic E-state index is -3.36. The maximum absolute atomic E-state index is 12.7. The lowest BCUT2D eigenvalue weighted by Crippen LogP contribution is -2.42. The molecule has 0 radical (unpaired) electrons. The molecule has 0 saturated heterocycles. The quantitative estimate of drug-likeness (QED) is 0.888. The first-order chi connectivity index (χ1) is 11.9. The Balaban J connectivity index is 1.86. The molecule has 1 aliphatic carbocycles. The molecule has 132 valence electrons. The van der Waals surface area contributed by atoms with Crippen LogP contribution in [0.1, 0.15) is 28.0 Å². The van der Waals surface area contributed by atoms with Crippen LogP contribution >= 0.6 is 0 Å². The standard InChI is InChI=1S/C19H21NO4S/c1-24-17(13-8-4-3-5-9-13)19(21)20-16-12-14-10-6-7-11-15(14)18(16)25(2,22)23/h3-11,16-18H,12H2,1-2H3,(H,20,21)/t16-,17+,18-/m1/s1. The maximum atomic E-state index is 12.7. The summed E-state index contributed by atoms with van der Waals surface area (Å²) in [4.78, 5) is 12.7. The van der Waals surface area contributed by atoms with Gasteiger partial charge in [-0.25, -0.2) is 8.42 Å². The van der Waals surface area contributed by atoms with E-state index in [2.05, 4.69) is 5.32 Å². The molecule has 1 amide bonds. The van der Waals surface area contributed by atoms with Crippen LogP contribution in [0, 0.1) is 0 Å². The Kier molecular flexibility index (Phi) is 4.92. The fourth-order valence-corrected chi connectivity index (χ4v) is 4.95. The van der Waals surface area contributed by atoms with E-state index in [1.165, 1.54) is 13.4 Å². The zero-order valence-electron chi connectivity index (χ0n) is 14.2. The maximum Gasteiger partial charge on any atom is 0.254 e. The van der Waals surface area contributed by atoms with Gasteiger partial charge in [0.15, 0.2) is 15.9 Å². The van der Waals surface area contributed by atoms with Crippen LogP contribution in [0.2, 0.25) is 0 Å². The second kappa shape index (κ2) is 6.98. The van der Waals surface area contributed by atoms with Gasteiger partial charge in [-0.1, -0.05) is 54.6 Å². The van der Waals surface area contributed by atoms with E-state index >= 15 is 0 Å². The van der Waals surface area contributed by atoms with Gasteiger partial charge in [0.1, 0.15) is 5.25 Å². The van der Waals surface area contributed by atoms with Crippen molar-refractivity contribution in [2.75, 3.05) is 13.4 Å². The molecule has 6 heteroatoms. The first-order valence-corrected chi connectivity index (χ1v) is 10.0. The van der Waals surface area contributed by atoms with Crippen molar-refractivity contribution in [2.24, 2.45) is 0 Å². The highest BCUT2D eigenvalue weighted by molar-refractivity contribution is 7.91. The van der Waals surface area contributed by atoms with E-state index in [9.17, 15) is 13.2 Å². The molecule has 2 aromatic carbocycles. The molecule has 1 N–H and O–H groups in total. The number of benzene rings is 2. The molecule has 1 aliphatic rings. The predicted octanol–water partition coefficient (Wildman–Crippen LogP) is 2.20. The number of hydrogen-bond acceptors (Lipinski definition) is 4. The first-order valence-electron chi connectivity index (χ1n) is 8.06. The average molecular weight is 359 g/mol. The van der Waals surface area contributed by atoms with Crippen molar-refractivity contribution in [2.45, 2.75) is 23.8 Å². The molecule has 0 spiro atoms. The van der Waals surface area contributed by atoms with E-state index in [4.69, 9.17) is 4.74 Å². The number of amides is 1. The number of rotatable bonds is 5. The third-order valence-corrected chi connectivity index (χ3v) is 6.04. The average Bonchev–Trinajstić information content (AvgIpc) is 2.94. The van der Waals surface area contributed by atoms with E-state index < -0.39 is 27.2 Å².